The van der Waals surface area contributed by atoms with Crippen LogP contribution in [0.15, 0.2) is 24.2 Å². The summed E-state index contributed by atoms with van der Waals surface area (Å²) in [4.78, 5) is 11.3. The first kappa shape index (κ1) is 13.4. The van der Waals surface area contributed by atoms with Crippen LogP contribution in [-0.4, -0.2) is 36.8 Å². The van der Waals surface area contributed by atoms with E-state index in [-0.39, 0.29) is 10.6 Å². The predicted octanol–water partition coefficient (Wildman–Crippen LogP) is 0.678. The molecule has 2 N–H and O–H groups in total. The van der Waals surface area contributed by atoms with Gasteiger partial charge in [-0.05, 0) is 0 Å². The Bertz CT molecular complexity index is 298. The third kappa shape index (κ3) is 3.99. The van der Waals surface area contributed by atoms with Gasteiger partial charge in [0.25, 0.3) is 5.95 Å². The van der Waals surface area contributed by atoms with Crippen LogP contribution in [0.25, 0.3) is 0 Å². The fourth-order valence-electron chi connectivity index (χ4n) is 0.735. The average Bonchev–Trinajstić information content (AvgIpc) is 2.25. The standard InChI is InChI=1S/C9H13NO4S/c1-4-5-10-7(15)6(8(11)13-2)9(12)14-3/h4,11H,1,5H2,2-3H3,(H,10,15)/b8-6-. The van der Waals surface area contributed by atoms with Crippen molar-refractivity contribution in [2.45, 2.75) is 0 Å². The number of hydrogen-bond acceptors (Lipinski definition) is 5. The second-order valence-corrected chi connectivity index (χ2v) is 2.78. The normalized spacial score (nSPS) is 11.1. The molecule has 0 saturated heterocycles. The lowest BCUT2D eigenvalue weighted by Gasteiger charge is -2.09. The number of aliphatic hydroxyl groups excluding tert-OH is 1. The second kappa shape index (κ2) is 6.83. The Labute approximate surface area is 93.4 Å². The van der Waals surface area contributed by atoms with Gasteiger partial charge in [-0.1, -0.05) is 18.3 Å². The molecule has 0 bridgehead atoms. The van der Waals surface area contributed by atoms with Gasteiger partial charge in [0.2, 0.25) is 0 Å². The van der Waals surface area contributed by atoms with Crippen molar-refractivity contribution in [2.75, 3.05) is 20.8 Å². The summed E-state index contributed by atoms with van der Waals surface area (Å²) in [6, 6.07) is 0. The zero-order chi connectivity index (χ0) is 11.8. The molecule has 0 aliphatic carbocycles. The Morgan fingerprint density at radius 1 is 1.53 bits per heavy atom. The minimum atomic E-state index is -0.768. The van der Waals surface area contributed by atoms with Crippen molar-refractivity contribution in [1.82, 2.24) is 5.32 Å². The van der Waals surface area contributed by atoms with Crippen LogP contribution in [0.1, 0.15) is 0 Å². The van der Waals surface area contributed by atoms with Crippen molar-refractivity contribution in [1.29, 1.82) is 0 Å². The van der Waals surface area contributed by atoms with Gasteiger partial charge in [-0.15, -0.1) is 6.58 Å². The zero-order valence-electron chi connectivity index (χ0n) is 8.57. The van der Waals surface area contributed by atoms with Gasteiger partial charge in [-0.25, -0.2) is 4.79 Å². The Morgan fingerprint density at radius 3 is 2.53 bits per heavy atom. The fraction of sp³-hybridized carbons (Fsp3) is 0.333. The highest BCUT2D eigenvalue weighted by Gasteiger charge is 2.21. The van der Waals surface area contributed by atoms with Crippen molar-refractivity contribution in [3.63, 3.8) is 0 Å². The highest BCUT2D eigenvalue weighted by atomic mass is 32.1. The van der Waals surface area contributed by atoms with Gasteiger partial charge in [-0.3, -0.25) is 0 Å². The highest BCUT2D eigenvalue weighted by molar-refractivity contribution is 7.80. The van der Waals surface area contributed by atoms with Crippen molar-refractivity contribution in [3.8, 4) is 0 Å². The number of methoxy groups -OCH3 is 2. The van der Waals surface area contributed by atoms with Crippen molar-refractivity contribution in [2.24, 2.45) is 0 Å². The first-order valence-electron chi connectivity index (χ1n) is 4.03. The van der Waals surface area contributed by atoms with Crippen molar-refractivity contribution >= 4 is 23.2 Å². The summed E-state index contributed by atoms with van der Waals surface area (Å²) in [5.41, 5.74) is -0.211. The van der Waals surface area contributed by atoms with Gasteiger partial charge in [0, 0.05) is 6.54 Å². The monoisotopic (exact) mass is 231 g/mol. The van der Waals surface area contributed by atoms with E-state index >= 15 is 0 Å². The number of carbonyl (C=O) groups excluding carboxylic acids is 1. The van der Waals surface area contributed by atoms with E-state index in [2.05, 4.69) is 21.4 Å². The van der Waals surface area contributed by atoms with E-state index in [9.17, 15) is 9.90 Å². The van der Waals surface area contributed by atoms with E-state index in [0.29, 0.717) is 6.54 Å². The lowest BCUT2D eigenvalue weighted by Crippen LogP contribution is -2.29. The molecule has 5 nitrogen and oxygen atoms in total. The molecular weight excluding hydrogens is 218 g/mol. The van der Waals surface area contributed by atoms with Crippen LogP contribution < -0.4 is 5.32 Å². The summed E-state index contributed by atoms with van der Waals surface area (Å²) in [7, 11) is 2.40. The molecule has 0 rings (SSSR count). The summed E-state index contributed by atoms with van der Waals surface area (Å²) in [6.07, 6.45) is 1.56. The van der Waals surface area contributed by atoms with E-state index < -0.39 is 11.9 Å². The van der Waals surface area contributed by atoms with E-state index in [4.69, 9.17) is 12.2 Å². The maximum Gasteiger partial charge on any atom is 0.348 e. The van der Waals surface area contributed by atoms with Gasteiger partial charge >= 0.3 is 5.97 Å². The van der Waals surface area contributed by atoms with E-state index in [0.717, 1.165) is 0 Å². The SMILES string of the molecule is C=CCNC(=S)/C(C(=O)OC)=C(\O)OC. The molecule has 0 aromatic carbocycles. The van der Waals surface area contributed by atoms with Crippen molar-refractivity contribution < 1.29 is 19.4 Å². The lowest BCUT2D eigenvalue weighted by atomic mass is 10.3. The molecule has 0 aromatic rings. The third-order valence-corrected chi connectivity index (χ3v) is 1.78. The van der Waals surface area contributed by atoms with Gasteiger partial charge in [0.05, 0.1) is 14.2 Å². The summed E-state index contributed by atoms with van der Waals surface area (Å²) in [5, 5.41) is 12.0. The molecule has 0 amide bonds. The maximum absolute atomic E-state index is 11.2. The van der Waals surface area contributed by atoms with Crippen LogP contribution in [0.2, 0.25) is 0 Å². The largest absolute Gasteiger partial charge is 0.480 e. The second-order valence-electron chi connectivity index (χ2n) is 2.37. The molecular formula is C9H13NO4S. The molecule has 0 heterocycles. The molecule has 0 spiro atoms. The number of aliphatic hydroxyl groups is 1. The highest BCUT2D eigenvalue weighted by Crippen LogP contribution is 2.06. The van der Waals surface area contributed by atoms with Gasteiger partial charge in [0.15, 0.2) is 5.57 Å². The molecule has 0 atom stereocenters. The molecule has 0 aromatic heterocycles. The molecule has 0 radical (unpaired) electrons. The Balaban J connectivity index is 4.87. The molecule has 0 aliphatic rings. The number of thiocarbonyl (C=S) groups is 1. The van der Waals surface area contributed by atoms with Gasteiger partial charge < -0.3 is 19.9 Å². The number of nitrogens with one attached hydrogen (secondary N) is 1. The topological polar surface area (TPSA) is 67.8 Å². The van der Waals surface area contributed by atoms with Gasteiger partial charge in [-0.2, -0.15) is 0 Å². The number of ether oxygens (including phenoxy) is 2. The zero-order valence-corrected chi connectivity index (χ0v) is 9.39. The van der Waals surface area contributed by atoms with E-state index in [1.165, 1.54) is 14.2 Å². The lowest BCUT2D eigenvalue weighted by molar-refractivity contribution is -0.136. The number of rotatable bonds is 5. The minimum absolute atomic E-state index is 0.0427. The average molecular weight is 231 g/mol. The van der Waals surface area contributed by atoms with Crippen molar-refractivity contribution in [3.05, 3.63) is 24.2 Å². The molecule has 0 fully saturated rings. The number of hydrogen-bond donors (Lipinski definition) is 2. The number of esters is 1. The molecule has 15 heavy (non-hydrogen) atoms. The van der Waals surface area contributed by atoms with E-state index in [1.807, 2.05) is 0 Å². The van der Waals surface area contributed by atoms with Gasteiger partial charge in [0.1, 0.15) is 4.99 Å². The quantitative estimate of drug-likeness (QED) is 0.238. The molecule has 0 saturated carbocycles. The number of carbonyl (C=O) groups is 1. The Morgan fingerprint density at radius 2 is 2.13 bits per heavy atom. The van der Waals surface area contributed by atoms with Crippen LogP contribution in [-0.2, 0) is 14.3 Å². The molecule has 84 valence electrons. The van der Waals surface area contributed by atoms with E-state index in [1.54, 1.807) is 6.08 Å². The Kier molecular flexibility index (Phi) is 6.12. The Hall–Kier alpha value is -1.56. The van der Waals surface area contributed by atoms with Crippen LogP contribution in [0.3, 0.4) is 0 Å². The summed E-state index contributed by atoms with van der Waals surface area (Å²) >= 11 is 4.87. The first-order valence-corrected chi connectivity index (χ1v) is 4.43. The minimum Gasteiger partial charge on any atom is -0.480 e. The smallest absolute Gasteiger partial charge is 0.348 e. The van der Waals surface area contributed by atoms with Crippen LogP contribution in [0, 0.1) is 0 Å². The molecule has 0 unspecified atom stereocenters. The maximum atomic E-state index is 11.2. The predicted molar refractivity (Wildman–Crippen MR) is 59.5 cm³/mol. The third-order valence-electron chi connectivity index (χ3n) is 1.43. The molecule has 0 aliphatic heterocycles. The summed E-state index contributed by atoms with van der Waals surface area (Å²) < 4.78 is 8.96. The molecule has 6 heteroatoms. The summed E-state index contributed by atoms with van der Waals surface area (Å²) in [6.45, 7) is 3.85. The van der Waals surface area contributed by atoms with Crippen LogP contribution >= 0.6 is 12.2 Å². The van der Waals surface area contributed by atoms with Crippen LogP contribution in [0.5, 0.6) is 0 Å². The summed E-state index contributed by atoms with van der Waals surface area (Å²) in [5.74, 6) is -1.35. The van der Waals surface area contributed by atoms with Crippen LogP contribution in [0.4, 0.5) is 0 Å². The first-order chi connectivity index (χ1) is 7.08. The fourth-order valence-corrected chi connectivity index (χ4v) is 0.988.